The third-order valence-electron chi connectivity index (χ3n) is 13.6. The number of carboxylic acids is 1. The fourth-order valence-electron chi connectivity index (χ4n) is 11.4. The van der Waals surface area contributed by atoms with E-state index in [1.54, 1.807) is 7.11 Å². The van der Waals surface area contributed by atoms with Crippen molar-refractivity contribution in [3.63, 3.8) is 0 Å². The molecule has 35 heavy (non-hydrogen) atoms. The first-order valence-electron chi connectivity index (χ1n) is 14.4. The van der Waals surface area contributed by atoms with Gasteiger partial charge in [0.25, 0.3) is 0 Å². The van der Waals surface area contributed by atoms with Crippen molar-refractivity contribution in [1.82, 2.24) is 0 Å². The summed E-state index contributed by atoms with van der Waals surface area (Å²) in [5.41, 5.74) is 0.997. The normalized spacial score (nSPS) is 55.0. The van der Waals surface area contributed by atoms with E-state index in [4.69, 9.17) is 4.74 Å². The lowest BCUT2D eigenvalue weighted by Gasteiger charge is -2.71. The largest absolute Gasteiger partial charge is 0.481 e. The number of ether oxygens (including phenoxy) is 1. The average molecular weight is 487 g/mol. The highest BCUT2D eigenvalue weighted by molar-refractivity contribution is 5.76. The van der Waals surface area contributed by atoms with Gasteiger partial charge in [0, 0.05) is 7.11 Å². The lowest BCUT2D eigenvalue weighted by atomic mass is 9.33. The number of carbonyl (C=O) groups is 1. The van der Waals surface area contributed by atoms with Gasteiger partial charge in [0.05, 0.1) is 17.6 Å². The summed E-state index contributed by atoms with van der Waals surface area (Å²) in [4.78, 5) is 12.8. The van der Waals surface area contributed by atoms with Gasteiger partial charge in [-0.3, -0.25) is 4.79 Å². The van der Waals surface area contributed by atoms with Crippen LogP contribution < -0.4 is 0 Å². The number of allylic oxidation sites excluding steroid dienone is 2. The molecule has 0 aromatic rings. The lowest BCUT2D eigenvalue weighted by Crippen LogP contribution is -2.67. The van der Waals surface area contributed by atoms with Crippen LogP contribution in [0.1, 0.15) is 99.8 Å². The van der Waals surface area contributed by atoms with Crippen molar-refractivity contribution >= 4 is 5.97 Å². The Kier molecular flexibility index (Phi) is 5.76. The number of fused-ring (bicyclic) bond motifs is 7. The Bertz CT molecular complexity index is 923. The van der Waals surface area contributed by atoms with Crippen LogP contribution in [0.2, 0.25) is 0 Å². The molecule has 5 rings (SSSR count). The minimum Gasteiger partial charge on any atom is -0.481 e. The molecular formula is C31H50O4. The predicted octanol–water partition coefficient (Wildman–Crippen LogP) is 6.71. The minimum absolute atomic E-state index is 0.0199. The second-order valence-corrected chi connectivity index (χ2v) is 14.9. The Morgan fingerprint density at radius 1 is 1.00 bits per heavy atom. The summed E-state index contributed by atoms with van der Waals surface area (Å²) in [5.74, 6) is 1.55. The number of rotatable bonds is 2. The Morgan fingerprint density at radius 3 is 2.31 bits per heavy atom. The van der Waals surface area contributed by atoms with Gasteiger partial charge in [-0.1, -0.05) is 60.1 Å². The molecule has 4 nitrogen and oxygen atoms in total. The summed E-state index contributed by atoms with van der Waals surface area (Å²) < 4.78 is 5.88. The van der Waals surface area contributed by atoms with Gasteiger partial charge in [0.15, 0.2) is 0 Å². The highest BCUT2D eigenvalue weighted by Gasteiger charge is 2.70. The fraction of sp³-hybridized carbons (Fsp3) is 0.903. The first-order chi connectivity index (χ1) is 16.2. The van der Waals surface area contributed by atoms with Gasteiger partial charge in [-0.05, 0) is 103 Å². The maximum atomic E-state index is 12.8. The van der Waals surface area contributed by atoms with Gasteiger partial charge in [0.2, 0.25) is 0 Å². The molecule has 0 aromatic heterocycles. The van der Waals surface area contributed by atoms with E-state index in [1.807, 2.05) is 0 Å². The van der Waals surface area contributed by atoms with Gasteiger partial charge >= 0.3 is 5.97 Å². The van der Waals surface area contributed by atoms with Gasteiger partial charge in [-0.25, -0.2) is 0 Å². The first kappa shape index (κ1) is 25.8. The summed E-state index contributed by atoms with van der Waals surface area (Å²) in [6, 6.07) is 0. The van der Waals surface area contributed by atoms with Crippen LogP contribution in [0.3, 0.4) is 0 Å². The molecular weight excluding hydrogens is 436 g/mol. The van der Waals surface area contributed by atoms with Gasteiger partial charge < -0.3 is 14.9 Å². The molecule has 4 saturated carbocycles. The molecule has 0 aromatic carbocycles. The van der Waals surface area contributed by atoms with E-state index in [1.165, 1.54) is 12.0 Å². The summed E-state index contributed by atoms with van der Waals surface area (Å²) in [6.45, 7) is 16.8. The molecule has 0 aliphatic heterocycles. The molecule has 0 bridgehead atoms. The number of carboxylic acid groups (broad SMARTS) is 1. The van der Waals surface area contributed by atoms with Crippen LogP contribution in [0.15, 0.2) is 11.6 Å². The van der Waals surface area contributed by atoms with Crippen LogP contribution >= 0.6 is 0 Å². The molecule has 4 heteroatoms. The highest BCUT2D eigenvalue weighted by Crippen LogP contribution is 2.75. The SMILES string of the molecule is CO[C@H]1[C@H](O)C[C@]2(C)[C@H]3CC=C4[C@@H]5[C@@H](C)[C@H](C)CC[C@]5(C(=O)O)CC[C@@]4(C)[C@]3(C)CC[C@H]2C1(C)C. The van der Waals surface area contributed by atoms with Gasteiger partial charge in [-0.15, -0.1) is 0 Å². The van der Waals surface area contributed by atoms with E-state index in [-0.39, 0.29) is 33.7 Å². The van der Waals surface area contributed by atoms with E-state index >= 15 is 0 Å². The molecule has 0 amide bonds. The lowest BCUT2D eigenvalue weighted by molar-refractivity contribution is -0.237. The predicted molar refractivity (Wildman–Crippen MR) is 139 cm³/mol. The van der Waals surface area contributed by atoms with Crippen LogP contribution in [0.25, 0.3) is 0 Å². The number of methoxy groups -OCH3 is 1. The summed E-state index contributed by atoms with van der Waals surface area (Å²) in [5, 5.41) is 21.8. The van der Waals surface area contributed by atoms with Crippen molar-refractivity contribution in [3.05, 3.63) is 11.6 Å². The third-order valence-corrected chi connectivity index (χ3v) is 13.6. The van der Waals surface area contributed by atoms with E-state index in [2.05, 4.69) is 54.5 Å². The van der Waals surface area contributed by atoms with E-state index in [0.29, 0.717) is 23.7 Å². The zero-order chi connectivity index (χ0) is 25.8. The third kappa shape index (κ3) is 3.02. The zero-order valence-corrected chi connectivity index (χ0v) is 23.5. The summed E-state index contributed by atoms with van der Waals surface area (Å²) in [6.07, 6.45) is 9.75. The monoisotopic (exact) mass is 486 g/mol. The van der Waals surface area contributed by atoms with Gasteiger partial charge in [0.1, 0.15) is 0 Å². The second kappa shape index (κ2) is 7.82. The molecule has 4 fully saturated rings. The molecule has 0 radical (unpaired) electrons. The van der Waals surface area contributed by atoms with Gasteiger partial charge in [-0.2, -0.15) is 0 Å². The molecule has 0 heterocycles. The maximum Gasteiger partial charge on any atom is 0.310 e. The topological polar surface area (TPSA) is 66.8 Å². The van der Waals surface area contributed by atoms with Crippen molar-refractivity contribution in [1.29, 1.82) is 0 Å². The Balaban J connectivity index is 1.61. The standard InChI is InChI=1S/C31H50O4/c1-18-11-14-31(26(33)34)16-15-29(6)20(24(31)19(18)2)9-10-23-28(5)17-21(32)25(35-8)27(3,4)22(28)12-13-30(23,29)7/h9,18-19,21-25,32H,10-17H2,1-8H3,(H,33,34)/t18-,19+,21-,22+,23-,24+,25+,28+,29-,30-,31+/m1/s1. The Labute approximate surface area is 213 Å². The Morgan fingerprint density at radius 2 is 1.69 bits per heavy atom. The molecule has 0 unspecified atom stereocenters. The molecule has 11 atom stereocenters. The van der Waals surface area contributed by atoms with Crippen LogP contribution in [0.4, 0.5) is 0 Å². The summed E-state index contributed by atoms with van der Waals surface area (Å²) >= 11 is 0. The smallest absolute Gasteiger partial charge is 0.310 e. The van der Waals surface area contributed by atoms with Crippen LogP contribution in [0, 0.1) is 56.7 Å². The molecule has 2 N–H and O–H groups in total. The quantitative estimate of drug-likeness (QED) is 0.426. The van der Waals surface area contributed by atoms with Crippen molar-refractivity contribution in [3.8, 4) is 0 Å². The van der Waals surface area contributed by atoms with Crippen molar-refractivity contribution in [2.24, 2.45) is 56.7 Å². The van der Waals surface area contributed by atoms with Crippen molar-refractivity contribution in [2.45, 2.75) is 112 Å². The summed E-state index contributed by atoms with van der Waals surface area (Å²) in [7, 11) is 1.75. The number of aliphatic carboxylic acids is 1. The second-order valence-electron chi connectivity index (χ2n) is 14.9. The van der Waals surface area contributed by atoms with E-state index < -0.39 is 17.5 Å². The van der Waals surface area contributed by atoms with Crippen LogP contribution in [0.5, 0.6) is 0 Å². The number of aliphatic hydroxyl groups is 1. The van der Waals surface area contributed by atoms with E-state index in [0.717, 1.165) is 44.9 Å². The molecule has 5 aliphatic rings. The average Bonchev–Trinajstić information content (AvgIpc) is 2.76. The number of hydrogen-bond donors (Lipinski definition) is 2. The maximum absolute atomic E-state index is 12.8. The fourth-order valence-corrected chi connectivity index (χ4v) is 11.4. The van der Waals surface area contributed by atoms with E-state index in [9.17, 15) is 15.0 Å². The molecule has 5 aliphatic carbocycles. The Hall–Kier alpha value is -0.870. The minimum atomic E-state index is -0.587. The number of hydrogen-bond acceptors (Lipinski definition) is 3. The van der Waals surface area contributed by atoms with Crippen molar-refractivity contribution in [2.75, 3.05) is 7.11 Å². The van der Waals surface area contributed by atoms with Crippen LogP contribution in [-0.4, -0.2) is 35.5 Å². The van der Waals surface area contributed by atoms with Crippen molar-refractivity contribution < 1.29 is 19.7 Å². The molecule has 198 valence electrons. The zero-order valence-electron chi connectivity index (χ0n) is 23.5. The first-order valence-corrected chi connectivity index (χ1v) is 14.4. The number of aliphatic hydroxyl groups excluding tert-OH is 1. The molecule has 0 saturated heterocycles. The molecule has 0 spiro atoms. The van der Waals surface area contributed by atoms with Crippen LogP contribution in [-0.2, 0) is 9.53 Å². The highest BCUT2D eigenvalue weighted by atomic mass is 16.5.